The summed E-state index contributed by atoms with van der Waals surface area (Å²) < 4.78 is 5.61. The first-order valence-corrected chi connectivity index (χ1v) is 8.25. The van der Waals surface area contributed by atoms with Gasteiger partial charge in [-0.3, -0.25) is 9.59 Å². The molecule has 0 unspecified atom stereocenters. The molecule has 2 N–H and O–H groups in total. The van der Waals surface area contributed by atoms with Crippen molar-refractivity contribution in [2.24, 2.45) is 0 Å². The molecule has 1 saturated heterocycles. The molecule has 1 aromatic carbocycles. The quantitative estimate of drug-likeness (QED) is 0.848. The van der Waals surface area contributed by atoms with E-state index in [1.807, 2.05) is 31.2 Å². The second kappa shape index (κ2) is 7.48. The van der Waals surface area contributed by atoms with Gasteiger partial charge in [-0.15, -0.1) is 0 Å². The highest BCUT2D eigenvalue weighted by atomic mass is 16.5. The SMILES string of the molecule is Cc1ccccc1[C@@H]1[C@@H](C(=O)NCCc2cnc[nH]2)OCC(=O)N1C. The molecule has 7 heteroatoms. The third kappa shape index (κ3) is 3.71. The van der Waals surface area contributed by atoms with Gasteiger partial charge in [-0.2, -0.15) is 0 Å². The van der Waals surface area contributed by atoms with Gasteiger partial charge in [0.05, 0.1) is 12.4 Å². The van der Waals surface area contributed by atoms with Gasteiger partial charge >= 0.3 is 0 Å². The molecule has 0 radical (unpaired) electrons. The summed E-state index contributed by atoms with van der Waals surface area (Å²) in [4.78, 5) is 33.3. The number of benzene rings is 1. The molecule has 0 spiro atoms. The van der Waals surface area contributed by atoms with E-state index in [9.17, 15) is 9.59 Å². The van der Waals surface area contributed by atoms with Gasteiger partial charge in [0, 0.05) is 31.9 Å². The van der Waals surface area contributed by atoms with Crippen LogP contribution in [0.5, 0.6) is 0 Å². The Labute approximate surface area is 146 Å². The van der Waals surface area contributed by atoms with Crippen LogP contribution in [0, 0.1) is 6.92 Å². The molecule has 1 fully saturated rings. The number of amides is 2. The number of carbonyl (C=O) groups is 2. The summed E-state index contributed by atoms with van der Waals surface area (Å²) in [6.45, 7) is 2.35. The van der Waals surface area contributed by atoms with E-state index in [4.69, 9.17) is 4.74 Å². The summed E-state index contributed by atoms with van der Waals surface area (Å²) in [6.07, 6.45) is 3.26. The first-order chi connectivity index (χ1) is 12.1. The molecule has 2 aromatic rings. The van der Waals surface area contributed by atoms with Crippen molar-refractivity contribution in [3.8, 4) is 0 Å². The van der Waals surface area contributed by atoms with E-state index in [0.29, 0.717) is 13.0 Å². The zero-order valence-corrected chi connectivity index (χ0v) is 14.4. The molecule has 132 valence electrons. The lowest BCUT2D eigenvalue weighted by Gasteiger charge is -2.38. The van der Waals surface area contributed by atoms with Crippen LogP contribution in [-0.2, 0) is 20.7 Å². The van der Waals surface area contributed by atoms with E-state index in [0.717, 1.165) is 16.8 Å². The topological polar surface area (TPSA) is 87.3 Å². The molecule has 2 atom stereocenters. The summed E-state index contributed by atoms with van der Waals surface area (Å²) in [5, 5.41) is 2.90. The molecule has 2 heterocycles. The van der Waals surface area contributed by atoms with Crippen LogP contribution in [0.1, 0.15) is 22.9 Å². The molecule has 1 aliphatic rings. The van der Waals surface area contributed by atoms with Crippen molar-refractivity contribution in [3.63, 3.8) is 0 Å². The van der Waals surface area contributed by atoms with E-state index in [2.05, 4.69) is 15.3 Å². The number of ether oxygens (including phenoxy) is 1. The highest BCUT2D eigenvalue weighted by molar-refractivity contribution is 5.86. The first-order valence-electron chi connectivity index (χ1n) is 8.25. The summed E-state index contributed by atoms with van der Waals surface area (Å²) in [5.41, 5.74) is 2.90. The number of nitrogens with zero attached hydrogens (tertiary/aromatic N) is 2. The van der Waals surface area contributed by atoms with Gasteiger partial charge in [0.1, 0.15) is 6.61 Å². The third-order valence-electron chi connectivity index (χ3n) is 4.50. The molecule has 3 rings (SSSR count). The van der Waals surface area contributed by atoms with Gasteiger partial charge < -0.3 is 19.9 Å². The van der Waals surface area contributed by atoms with Gasteiger partial charge in [-0.25, -0.2) is 4.98 Å². The third-order valence-corrected chi connectivity index (χ3v) is 4.50. The standard InChI is InChI=1S/C18H22N4O3/c1-12-5-3-4-6-14(12)16-17(25-10-15(23)22(16)2)18(24)20-8-7-13-9-19-11-21-13/h3-6,9,11,16-17H,7-8,10H2,1-2H3,(H,19,21)(H,20,24)/t16-,17+/m1/s1. The van der Waals surface area contributed by atoms with Crippen LogP contribution in [0.15, 0.2) is 36.8 Å². The maximum atomic E-state index is 12.7. The number of morpholine rings is 1. The summed E-state index contributed by atoms with van der Waals surface area (Å²) >= 11 is 0. The Balaban J connectivity index is 1.74. The maximum Gasteiger partial charge on any atom is 0.251 e. The van der Waals surface area contributed by atoms with Crippen LogP contribution in [0.3, 0.4) is 0 Å². The second-order valence-electron chi connectivity index (χ2n) is 6.16. The summed E-state index contributed by atoms with van der Waals surface area (Å²) in [7, 11) is 1.72. The minimum atomic E-state index is -0.731. The van der Waals surface area contributed by atoms with Crippen LogP contribution in [0.25, 0.3) is 0 Å². The smallest absolute Gasteiger partial charge is 0.251 e. The predicted molar refractivity (Wildman–Crippen MR) is 91.7 cm³/mol. The van der Waals surface area contributed by atoms with Crippen molar-refractivity contribution >= 4 is 11.8 Å². The second-order valence-corrected chi connectivity index (χ2v) is 6.16. The minimum absolute atomic E-state index is 0.0858. The largest absolute Gasteiger partial charge is 0.356 e. The van der Waals surface area contributed by atoms with E-state index >= 15 is 0 Å². The normalized spacial score (nSPS) is 20.6. The van der Waals surface area contributed by atoms with E-state index in [1.54, 1.807) is 24.5 Å². The number of imidazole rings is 1. The first kappa shape index (κ1) is 17.2. The molecule has 1 aromatic heterocycles. The zero-order chi connectivity index (χ0) is 17.8. The number of hydrogen-bond donors (Lipinski definition) is 2. The van der Waals surface area contributed by atoms with Crippen molar-refractivity contribution < 1.29 is 14.3 Å². The average molecular weight is 342 g/mol. The molecule has 0 bridgehead atoms. The lowest BCUT2D eigenvalue weighted by atomic mass is 9.94. The van der Waals surface area contributed by atoms with Crippen LogP contribution in [0.2, 0.25) is 0 Å². The van der Waals surface area contributed by atoms with Gasteiger partial charge in [0.15, 0.2) is 6.10 Å². The molecule has 2 amide bonds. The average Bonchev–Trinajstić information content (AvgIpc) is 3.11. The Morgan fingerprint density at radius 2 is 2.24 bits per heavy atom. The number of nitrogens with one attached hydrogen (secondary N) is 2. The number of H-pyrrole nitrogens is 1. The highest BCUT2D eigenvalue weighted by Crippen LogP contribution is 2.31. The van der Waals surface area contributed by atoms with Crippen molar-refractivity contribution in [2.45, 2.75) is 25.5 Å². The molecule has 0 saturated carbocycles. The van der Waals surface area contributed by atoms with Gasteiger partial charge in [-0.1, -0.05) is 24.3 Å². The molecule has 0 aliphatic carbocycles. The van der Waals surface area contributed by atoms with Crippen molar-refractivity contribution in [2.75, 3.05) is 20.2 Å². The van der Waals surface area contributed by atoms with Gasteiger partial charge in [-0.05, 0) is 18.1 Å². The summed E-state index contributed by atoms with van der Waals surface area (Å²) in [6, 6.07) is 7.31. The Bertz CT molecular complexity index is 745. The number of carbonyl (C=O) groups excluding carboxylic acids is 2. The number of aromatic amines is 1. The molecule has 7 nitrogen and oxygen atoms in total. The molecular weight excluding hydrogens is 320 g/mol. The Morgan fingerprint density at radius 3 is 2.96 bits per heavy atom. The Hall–Kier alpha value is -2.67. The summed E-state index contributed by atoms with van der Waals surface area (Å²) in [5.74, 6) is -0.345. The maximum absolute atomic E-state index is 12.7. The zero-order valence-electron chi connectivity index (χ0n) is 14.4. The lowest BCUT2D eigenvalue weighted by molar-refractivity contribution is -0.162. The fourth-order valence-corrected chi connectivity index (χ4v) is 3.06. The molecular formula is C18H22N4O3. The van der Waals surface area contributed by atoms with Crippen molar-refractivity contribution in [3.05, 3.63) is 53.6 Å². The number of rotatable bonds is 5. The van der Waals surface area contributed by atoms with E-state index in [-0.39, 0.29) is 18.4 Å². The number of hydrogen-bond acceptors (Lipinski definition) is 4. The highest BCUT2D eigenvalue weighted by Gasteiger charge is 2.40. The number of likely N-dealkylation sites (N-methyl/N-ethyl adjacent to an activating group) is 1. The fourth-order valence-electron chi connectivity index (χ4n) is 3.06. The van der Waals surface area contributed by atoms with Crippen LogP contribution in [-0.4, -0.2) is 53.0 Å². The van der Waals surface area contributed by atoms with Gasteiger partial charge in [0.25, 0.3) is 5.91 Å². The number of aromatic nitrogens is 2. The minimum Gasteiger partial charge on any atom is -0.356 e. The van der Waals surface area contributed by atoms with E-state index < -0.39 is 12.1 Å². The lowest BCUT2D eigenvalue weighted by Crippen LogP contribution is -2.53. The Morgan fingerprint density at radius 1 is 1.44 bits per heavy atom. The van der Waals surface area contributed by atoms with Gasteiger partial charge in [0.2, 0.25) is 5.91 Å². The molecule has 25 heavy (non-hydrogen) atoms. The van der Waals surface area contributed by atoms with Crippen LogP contribution in [0.4, 0.5) is 0 Å². The van der Waals surface area contributed by atoms with Crippen molar-refractivity contribution in [1.82, 2.24) is 20.2 Å². The van der Waals surface area contributed by atoms with Crippen LogP contribution < -0.4 is 5.32 Å². The number of aryl methyl sites for hydroxylation is 1. The molecule has 1 aliphatic heterocycles. The Kier molecular flexibility index (Phi) is 5.14. The van der Waals surface area contributed by atoms with Crippen LogP contribution >= 0.6 is 0 Å². The monoisotopic (exact) mass is 342 g/mol. The van der Waals surface area contributed by atoms with Crippen molar-refractivity contribution in [1.29, 1.82) is 0 Å². The fraction of sp³-hybridized carbons (Fsp3) is 0.389. The van der Waals surface area contributed by atoms with E-state index in [1.165, 1.54) is 0 Å². The predicted octanol–water partition coefficient (Wildman–Crippen LogP) is 0.975.